The van der Waals surface area contributed by atoms with Gasteiger partial charge in [-0.2, -0.15) is 5.10 Å². The quantitative estimate of drug-likeness (QED) is 0.352. The smallest absolute Gasteiger partial charge is 0.283 e. The number of halogens is 2. The summed E-state index contributed by atoms with van der Waals surface area (Å²) < 4.78 is 11.2. The molecule has 3 N–H and O–H groups in total. The topological polar surface area (TPSA) is 98.8 Å². The molecule has 0 atom stereocenters. The Morgan fingerprint density at radius 1 is 1.26 bits per heavy atom. The highest BCUT2D eigenvalue weighted by molar-refractivity contribution is 7.17. The Kier molecular flexibility index (Phi) is 7.73. The average molecular weight is 479 g/mol. The number of hydrogen-bond acceptors (Lipinski definition) is 7. The van der Waals surface area contributed by atoms with E-state index >= 15 is 0 Å². The number of hydrogen-bond donors (Lipinski definition) is 2. The Labute approximate surface area is 193 Å². The molecule has 2 aromatic carbocycles. The lowest BCUT2D eigenvalue weighted by molar-refractivity contribution is 0.0958. The number of hydrazone groups is 1. The van der Waals surface area contributed by atoms with E-state index in [1.54, 1.807) is 37.4 Å². The van der Waals surface area contributed by atoms with Crippen LogP contribution in [-0.2, 0) is 13.0 Å². The van der Waals surface area contributed by atoms with Gasteiger partial charge in [0, 0.05) is 15.6 Å². The standard InChI is InChI=1S/C21H20Cl2N4O3S/c1-3-16-19(31-21(24)26-16)20(28)27-25-10-12-4-7-17(18(8-12)29-2)30-11-13-5-6-14(22)9-15(13)23/h4-10H,3,11H2,1-2H3,(H2,24,26)(H,27,28). The Bertz CT molecular complexity index is 1120. The zero-order valence-corrected chi connectivity index (χ0v) is 19.1. The molecule has 1 amide bonds. The fourth-order valence-corrected chi connectivity index (χ4v) is 3.96. The highest BCUT2D eigenvalue weighted by atomic mass is 35.5. The first kappa shape index (κ1) is 22.9. The summed E-state index contributed by atoms with van der Waals surface area (Å²) in [7, 11) is 1.54. The Morgan fingerprint density at radius 3 is 2.77 bits per heavy atom. The third kappa shape index (κ3) is 5.88. The maximum atomic E-state index is 12.3. The summed E-state index contributed by atoms with van der Waals surface area (Å²) in [6.45, 7) is 2.17. The molecule has 162 valence electrons. The molecule has 0 saturated carbocycles. The van der Waals surface area contributed by atoms with E-state index in [2.05, 4.69) is 15.5 Å². The second kappa shape index (κ2) is 10.5. The third-order valence-corrected chi connectivity index (χ3v) is 5.73. The number of aromatic nitrogens is 1. The van der Waals surface area contributed by atoms with E-state index in [0.29, 0.717) is 49.2 Å². The average Bonchev–Trinajstić information content (AvgIpc) is 3.14. The van der Waals surface area contributed by atoms with Crippen LogP contribution in [0, 0.1) is 0 Å². The maximum Gasteiger partial charge on any atom is 0.283 e. The molecule has 0 unspecified atom stereocenters. The van der Waals surface area contributed by atoms with Crippen LogP contribution in [0.1, 0.15) is 33.4 Å². The molecule has 10 heteroatoms. The fraction of sp³-hybridized carbons (Fsp3) is 0.190. The number of nitrogens with one attached hydrogen (secondary N) is 1. The molecule has 0 radical (unpaired) electrons. The minimum atomic E-state index is -0.353. The van der Waals surface area contributed by atoms with Crippen molar-refractivity contribution >= 4 is 51.8 Å². The Balaban J connectivity index is 1.65. The first-order chi connectivity index (χ1) is 14.9. The number of anilines is 1. The van der Waals surface area contributed by atoms with E-state index in [-0.39, 0.29) is 12.5 Å². The molecule has 0 fully saturated rings. The number of benzene rings is 2. The normalized spacial score (nSPS) is 11.0. The molecule has 3 aromatic rings. The summed E-state index contributed by atoms with van der Waals surface area (Å²) >= 11 is 13.2. The molecule has 0 aliphatic rings. The van der Waals surface area contributed by atoms with Crippen molar-refractivity contribution in [3.05, 3.63) is 68.1 Å². The van der Waals surface area contributed by atoms with Crippen molar-refractivity contribution in [2.45, 2.75) is 20.0 Å². The van der Waals surface area contributed by atoms with Gasteiger partial charge >= 0.3 is 0 Å². The first-order valence-corrected chi connectivity index (χ1v) is 10.8. The highest BCUT2D eigenvalue weighted by Crippen LogP contribution is 2.30. The zero-order chi connectivity index (χ0) is 22.4. The Hall–Kier alpha value is -2.81. The first-order valence-electron chi connectivity index (χ1n) is 9.24. The number of carbonyl (C=O) groups excluding carboxylic acids is 1. The number of nitrogens with two attached hydrogens (primary N) is 1. The number of thiazole rings is 1. The van der Waals surface area contributed by atoms with Crippen molar-refractivity contribution in [2.24, 2.45) is 5.10 Å². The molecule has 0 aliphatic carbocycles. The number of methoxy groups -OCH3 is 1. The highest BCUT2D eigenvalue weighted by Gasteiger charge is 2.15. The van der Waals surface area contributed by atoms with Crippen molar-refractivity contribution in [3.63, 3.8) is 0 Å². The van der Waals surface area contributed by atoms with E-state index in [1.165, 1.54) is 6.21 Å². The number of ether oxygens (including phenoxy) is 2. The monoisotopic (exact) mass is 478 g/mol. The van der Waals surface area contributed by atoms with Gasteiger partial charge in [0.15, 0.2) is 16.6 Å². The number of rotatable bonds is 8. The van der Waals surface area contributed by atoms with Crippen LogP contribution in [0.5, 0.6) is 11.5 Å². The van der Waals surface area contributed by atoms with Gasteiger partial charge in [-0.1, -0.05) is 47.5 Å². The summed E-state index contributed by atoms with van der Waals surface area (Å²) in [4.78, 5) is 16.9. The van der Waals surface area contributed by atoms with Crippen molar-refractivity contribution in [2.75, 3.05) is 12.8 Å². The van der Waals surface area contributed by atoms with E-state index in [1.807, 2.05) is 13.0 Å². The Morgan fingerprint density at radius 2 is 2.06 bits per heavy atom. The van der Waals surface area contributed by atoms with Crippen LogP contribution in [-0.4, -0.2) is 24.2 Å². The summed E-state index contributed by atoms with van der Waals surface area (Å²) in [5, 5.41) is 5.45. The predicted molar refractivity (Wildman–Crippen MR) is 125 cm³/mol. The molecule has 1 aromatic heterocycles. The van der Waals surface area contributed by atoms with Gasteiger partial charge < -0.3 is 15.2 Å². The summed E-state index contributed by atoms with van der Waals surface area (Å²) in [6.07, 6.45) is 2.12. The number of nitrogen functional groups attached to an aromatic ring is 1. The van der Waals surface area contributed by atoms with Crippen LogP contribution in [0.3, 0.4) is 0 Å². The molecule has 31 heavy (non-hydrogen) atoms. The summed E-state index contributed by atoms with van der Waals surface area (Å²) in [6, 6.07) is 10.5. The molecule has 0 saturated heterocycles. The molecular formula is C21H20Cl2N4O3S. The third-order valence-electron chi connectivity index (χ3n) is 4.22. The van der Waals surface area contributed by atoms with Crippen LogP contribution in [0.4, 0.5) is 5.13 Å². The lowest BCUT2D eigenvalue weighted by Gasteiger charge is -2.12. The van der Waals surface area contributed by atoms with Gasteiger partial charge in [-0.15, -0.1) is 0 Å². The van der Waals surface area contributed by atoms with Gasteiger partial charge in [0.2, 0.25) is 0 Å². The molecule has 7 nitrogen and oxygen atoms in total. The predicted octanol–water partition coefficient (Wildman–Crippen LogP) is 4.95. The lowest BCUT2D eigenvalue weighted by Crippen LogP contribution is -2.17. The molecule has 0 aliphatic heterocycles. The van der Waals surface area contributed by atoms with Crippen LogP contribution >= 0.6 is 34.5 Å². The van der Waals surface area contributed by atoms with Crippen LogP contribution < -0.4 is 20.6 Å². The zero-order valence-electron chi connectivity index (χ0n) is 16.8. The van der Waals surface area contributed by atoms with Gasteiger partial charge in [0.1, 0.15) is 11.5 Å². The van der Waals surface area contributed by atoms with Crippen LogP contribution in [0.25, 0.3) is 0 Å². The van der Waals surface area contributed by atoms with E-state index < -0.39 is 0 Å². The van der Waals surface area contributed by atoms with E-state index in [0.717, 1.165) is 16.9 Å². The molecule has 0 spiro atoms. The fourth-order valence-electron chi connectivity index (χ4n) is 2.68. The van der Waals surface area contributed by atoms with Crippen molar-refractivity contribution in [3.8, 4) is 11.5 Å². The molecule has 3 rings (SSSR count). The van der Waals surface area contributed by atoms with Crippen molar-refractivity contribution in [1.82, 2.24) is 10.4 Å². The SMILES string of the molecule is CCc1nc(N)sc1C(=O)NN=Cc1ccc(OCc2ccc(Cl)cc2Cl)c(OC)c1. The van der Waals surface area contributed by atoms with Crippen LogP contribution in [0.15, 0.2) is 41.5 Å². The van der Waals surface area contributed by atoms with Crippen molar-refractivity contribution < 1.29 is 14.3 Å². The van der Waals surface area contributed by atoms with Gasteiger partial charge in [0.25, 0.3) is 5.91 Å². The van der Waals surface area contributed by atoms with Gasteiger partial charge in [-0.25, -0.2) is 10.4 Å². The van der Waals surface area contributed by atoms with Gasteiger partial charge in [-0.3, -0.25) is 4.79 Å². The van der Waals surface area contributed by atoms with Crippen LogP contribution in [0.2, 0.25) is 10.0 Å². The van der Waals surface area contributed by atoms with E-state index in [4.69, 9.17) is 38.4 Å². The van der Waals surface area contributed by atoms with E-state index in [9.17, 15) is 4.79 Å². The van der Waals surface area contributed by atoms with Gasteiger partial charge in [0.05, 0.1) is 19.0 Å². The van der Waals surface area contributed by atoms with Crippen molar-refractivity contribution in [1.29, 1.82) is 0 Å². The lowest BCUT2D eigenvalue weighted by atomic mass is 10.2. The number of aryl methyl sites for hydroxylation is 1. The number of nitrogens with zero attached hydrogens (tertiary/aromatic N) is 2. The molecule has 0 bridgehead atoms. The second-order valence-corrected chi connectivity index (χ2v) is 8.19. The summed E-state index contributed by atoms with van der Waals surface area (Å²) in [5.41, 5.74) is 10.3. The largest absolute Gasteiger partial charge is 0.493 e. The summed E-state index contributed by atoms with van der Waals surface area (Å²) in [5.74, 6) is 0.709. The minimum absolute atomic E-state index is 0.258. The maximum absolute atomic E-state index is 12.3. The molecule has 1 heterocycles. The molecular weight excluding hydrogens is 459 g/mol. The second-order valence-electron chi connectivity index (χ2n) is 6.32. The number of amides is 1. The number of carbonyl (C=O) groups is 1. The van der Waals surface area contributed by atoms with Gasteiger partial charge in [-0.05, 0) is 42.3 Å². The minimum Gasteiger partial charge on any atom is -0.493 e.